The minimum atomic E-state index is -2.34. The van der Waals surface area contributed by atoms with Crippen LogP contribution in [0.25, 0.3) is 0 Å². The molecule has 0 saturated carbocycles. The van der Waals surface area contributed by atoms with Crippen molar-refractivity contribution in [1.82, 2.24) is 0 Å². The van der Waals surface area contributed by atoms with Gasteiger partial charge >= 0.3 is 5.96 Å². The van der Waals surface area contributed by atoms with Crippen molar-refractivity contribution in [3.63, 3.8) is 0 Å². The number of para-hydroxylation sites is 2. The van der Waals surface area contributed by atoms with E-state index in [1.165, 1.54) is 0 Å². The lowest BCUT2D eigenvalue weighted by Gasteiger charge is -2.28. The Hall–Kier alpha value is -1.37. The summed E-state index contributed by atoms with van der Waals surface area (Å²) in [5.74, 6) is 0.511. The number of nitrogens with two attached hydrogens (primary N) is 1. The van der Waals surface area contributed by atoms with Crippen LogP contribution in [0.1, 0.15) is 39.5 Å². The van der Waals surface area contributed by atoms with Gasteiger partial charge in [0.2, 0.25) is 0 Å². The Morgan fingerprint density at radius 2 is 1.45 bits per heavy atom. The molecular weight excluding hydrogens is 421 g/mol. The molecule has 2 rings (SSSR count). The quantitative estimate of drug-likeness (QED) is 0.165. The fraction of sp³-hybridized carbons (Fsp3) is 0.381. The highest BCUT2D eigenvalue weighted by Gasteiger charge is 2.01. The van der Waals surface area contributed by atoms with Crippen molar-refractivity contribution < 1.29 is 14.0 Å². The van der Waals surface area contributed by atoms with Gasteiger partial charge in [0, 0.05) is 0 Å². The van der Waals surface area contributed by atoms with Crippen LogP contribution in [0.4, 0.5) is 11.4 Å². The fourth-order valence-corrected chi connectivity index (χ4v) is 3.74. The molecule has 4 N–H and O–H groups in total. The number of benzene rings is 2. The third-order valence-corrected chi connectivity index (χ3v) is 5.86. The van der Waals surface area contributed by atoms with Crippen molar-refractivity contribution in [1.29, 1.82) is 0 Å². The van der Waals surface area contributed by atoms with Gasteiger partial charge in [0.15, 0.2) is 0 Å². The summed E-state index contributed by atoms with van der Waals surface area (Å²) in [7, 11) is 0. The molecule has 0 aliphatic carbocycles. The second-order valence-corrected chi connectivity index (χ2v) is 11.2. The first kappa shape index (κ1) is 25.7. The van der Waals surface area contributed by atoms with Crippen LogP contribution in [0, 0.1) is 0 Å². The number of nitrogens with one attached hydrogen (secondary N) is 2. The number of unbranched alkanes of at least 4 members (excludes halogenated alkanes) is 2. The number of rotatable bonds is 10. The Balaban J connectivity index is 0.000000298. The lowest BCUT2D eigenvalue weighted by atomic mass is 10.3. The second kappa shape index (κ2) is 15.5. The highest BCUT2D eigenvalue weighted by molar-refractivity contribution is 8.51. The molecule has 0 fully saturated rings. The summed E-state index contributed by atoms with van der Waals surface area (Å²) in [6.45, 7) is 5.50. The van der Waals surface area contributed by atoms with Crippen molar-refractivity contribution in [2.45, 2.75) is 39.5 Å². The highest BCUT2D eigenvalue weighted by Crippen LogP contribution is 2.46. The first-order valence-electron chi connectivity index (χ1n) is 9.83. The van der Waals surface area contributed by atoms with Gasteiger partial charge in [-0.3, -0.25) is 5.73 Å². The summed E-state index contributed by atoms with van der Waals surface area (Å²) in [6, 6.07) is 19.6. The van der Waals surface area contributed by atoms with Crippen LogP contribution in [0.3, 0.4) is 0 Å². The van der Waals surface area contributed by atoms with Crippen molar-refractivity contribution in [2.75, 3.05) is 18.5 Å². The molecule has 0 aliphatic heterocycles. The maximum Gasteiger partial charge on any atom is 0.350 e. The molecule has 0 amide bonds. The van der Waals surface area contributed by atoms with Gasteiger partial charge < -0.3 is 21.3 Å². The van der Waals surface area contributed by atoms with E-state index >= 15 is 0 Å². The standard InChI is InChI=1S/C13H13N3.C8H19O2PS2/c14-13(15-11-7-3-1-4-8-11)16-12-9-5-2-6-10-12;1-3-5-7-9-11(12,13)10-8-6-4-2/h1-10H,(H3,14,15,16);3-8H2,1-2H3,(H,12,13). The maximum absolute atomic E-state index is 5.83. The molecule has 0 bridgehead atoms. The summed E-state index contributed by atoms with van der Waals surface area (Å²) < 4.78 is 10.7. The van der Waals surface area contributed by atoms with Gasteiger partial charge in [-0.1, -0.05) is 74.9 Å². The van der Waals surface area contributed by atoms with E-state index in [0.29, 0.717) is 19.2 Å². The van der Waals surface area contributed by atoms with Gasteiger partial charge in [0.25, 0.3) is 0 Å². The number of hydrogen-bond acceptors (Lipinski definition) is 4. The first-order valence-corrected chi connectivity index (χ1v) is 13.5. The maximum atomic E-state index is 5.83. The monoisotopic (exact) mass is 453 g/mol. The molecule has 0 saturated heterocycles. The zero-order chi connectivity index (χ0) is 21.4. The molecule has 0 spiro atoms. The average molecular weight is 454 g/mol. The molecule has 2 aromatic carbocycles. The third-order valence-electron chi connectivity index (χ3n) is 3.60. The second-order valence-electron chi connectivity index (χ2n) is 6.22. The van der Waals surface area contributed by atoms with Crippen LogP contribution < -0.4 is 16.0 Å². The Kier molecular flexibility index (Phi) is 13.7. The minimum Gasteiger partial charge on any atom is -0.691 e. The van der Waals surface area contributed by atoms with E-state index in [4.69, 9.17) is 38.8 Å². The molecule has 5 nitrogen and oxygen atoms in total. The minimum absolute atomic E-state index is 0.511. The van der Waals surface area contributed by atoms with Crippen LogP contribution in [0.5, 0.6) is 0 Å². The average Bonchev–Trinajstić information content (AvgIpc) is 2.70. The molecule has 29 heavy (non-hydrogen) atoms. The Labute approximate surface area is 185 Å². The predicted molar refractivity (Wildman–Crippen MR) is 130 cm³/mol. The van der Waals surface area contributed by atoms with Crippen molar-refractivity contribution >= 4 is 47.1 Å². The van der Waals surface area contributed by atoms with E-state index in [1.54, 1.807) is 0 Å². The molecule has 0 aliphatic rings. The van der Waals surface area contributed by atoms with Crippen molar-refractivity contribution in [3.05, 3.63) is 60.7 Å². The first-order chi connectivity index (χ1) is 14.0. The van der Waals surface area contributed by atoms with E-state index in [2.05, 4.69) is 24.2 Å². The topological polar surface area (TPSA) is 70.5 Å². The summed E-state index contributed by atoms with van der Waals surface area (Å²) in [5, 5.41) is 3.07. The molecule has 0 aromatic heterocycles. The van der Waals surface area contributed by atoms with Gasteiger partial charge in [-0.25, -0.2) is 10.3 Å². The van der Waals surface area contributed by atoms with E-state index in [-0.39, 0.29) is 0 Å². The third kappa shape index (κ3) is 13.5. The number of anilines is 1. The SMILES string of the molecule is CCCCOP(=S)([S-])OCCCC.NC(Nc1ccccc1)=[NH+]c1ccccc1. The molecular formula is C21H32N3O2PS2. The van der Waals surface area contributed by atoms with Crippen LogP contribution in [-0.2, 0) is 33.1 Å². The lowest BCUT2D eigenvalue weighted by Crippen LogP contribution is -2.71. The van der Waals surface area contributed by atoms with Crippen LogP contribution in [-0.4, -0.2) is 19.2 Å². The Bertz CT molecular complexity index is 732. The largest absolute Gasteiger partial charge is 0.691 e. The van der Waals surface area contributed by atoms with Crippen LogP contribution in [0.15, 0.2) is 60.7 Å². The van der Waals surface area contributed by atoms with Gasteiger partial charge in [-0.15, -0.1) is 0 Å². The molecule has 0 heterocycles. The van der Waals surface area contributed by atoms with E-state index in [0.717, 1.165) is 37.1 Å². The zero-order valence-electron chi connectivity index (χ0n) is 17.2. The van der Waals surface area contributed by atoms with Crippen LogP contribution in [0.2, 0.25) is 0 Å². The molecule has 0 unspecified atom stereocenters. The zero-order valence-corrected chi connectivity index (χ0v) is 19.7. The molecule has 0 radical (unpaired) electrons. The fourth-order valence-electron chi connectivity index (χ4n) is 2.06. The highest BCUT2D eigenvalue weighted by atomic mass is 32.9. The van der Waals surface area contributed by atoms with Crippen molar-refractivity contribution in [3.8, 4) is 0 Å². The van der Waals surface area contributed by atoms with E-state index in [1.807, 2.05) is 60.7 Å². The molecule has 2 aromatic rings. The lowest BCUT2D eigenvalue weighted by molar-refractivity contribution is -0.354. The van der Waals surface area contributed by atoms with Gasteiger partial charge in [-0.2, -0.15) is 0 Å². The molecule has 160 valence electrons. The predicted octanol–water partition coefficient (Wildman–Crippen LogP) is 4.22. The van der Waals surface area contributed by atoms with Crippen LogP contribution >= 0.6 is 5.69 Å². The summed E-state index contributed by atoms with van der Waals surface area (Å²) in [4.78, 5) is 3.07. The van der Waals surface area contributed by atoms with Gasteiger partial charge in [-0.05, 0) is 37.1 Å². The number of hydrogen-bond donors (Lipinski definition) is 3. The Morgan fingerprint density at radius 1 is 0.966 bits per heavy atom. The van der Waals surface area contributed by atoms with Gasteiger partial charge in [0.05, 0.1) is 30.3 Å². The van der Waals surface area contributed by atoms with E-state index in [9.17, 15) is 0 Å². The van der Waals surface area contributed by atoms with Crippen molar-refractivity contribution in [2.24, 2.45) is 5.73 Å². The summed E-state index contributed by atoms with van der Waals surface area (Å²) >= 11 is 10.1. The molecule has 0 atom stereocenters. The normalized spacial score (nSPS) is 11.5. The van der Waals surface area contributed by atoms with Gasteiger partial charge in [0.1, 0.15) is 0 Å². The molecule has 8 heteroatoms. The number of guanidine groups is 1. The Morgan fingerprint density at radius 3 is 1.93 bits per heavy atom. The van der Waals surface area contributed by atoms with E-state index < -0.39 is 5.69 Å². The summed E-state index contributed by atoms with van der Waals surface area (Å²) in [5.41, 5.74) is 5.42. The summed E-state index contributed by atoms with van der Waals surface area (Å²) in [6.07, 6.45) is 4.21. The smallest absolute Gasteiger partial charge is 0.350 e.